The third-order valence-electron chi connectivity index (χ3n) is 2.89. The van der Waals surface area contributed by atoms with Gasteiger partial charge in [0.1, 0.15) is 10.7 Å². The summed E-state index contributed by atoms with van der Waals surface area (Å²) in [6.45, 7) is 2.06. The monoisotopic (exact) mass is 372 g/mol. The van der Waals surface area contributed by atoms with E-state index in [1.807, 2.05) is 0 Å². The van der Waals surface area contributed by atoms with Crippen LogP contribution in [0.2, 0.25) is 0 Å². The lowest BCUT2D eigenvalue weighted by Crippen LogP contribution is -2.15. The van der Waals surface area contributed by atoms with Crippen LogP contribution < -0.4 is 10.5 Å². The molecule has 21 heavy (non-hydrogen) atoms. The summed E-state index contributed by atoms with van der Waals surface area (Å²) < 4.78 is 41.0. The van der Waals surface area contributed by atoms with Gasteiger partial charge in [-0.05, 0) is 58.2 Å². The Bertz CT molecular complexity index is 779. The van der Waals surface area contributed by atoms with Gasteiger partial charge in [-0.3, -0.25) is 4.72 Å². The number of nitrogens with two attached hydrogens (primary N) is 1. The van der Waals surface area contributed by atoms with Gasteiger partial charge < -0.3 is 5.73 Å². The maximum atomic E-state index is 13.7. The molecule has 2 aromatic carbocycles. The summed E-state index contributed by atoms with van der Waals surface area (Å²) in [5.74, 6) is -0.626. The molecule has 0 aliphatic heterocycles. The molecule has 0 radical (unpaired) electrons. The van der Waals surface area contributed by atoms with Crippen molar-refractivity contribution in [2.45, 2.75) is 18.4 Å². The Kier molecular flexibility index (Phi) is 4.65. The third kappa shape index (κ3) is 3.61. The van der Waals surface area contributed by atoms with Crippen LogP contribution in [-0.2, 0) is 16.6 Å². The van der Waals surface area contributed by atoms with E-state index in [1.165, 1.54) is 18.2 Å². The van der Waals surface area contributed by atoms with Gasteiger partial charge in [-0.15, -0.1) is 0 Å². The minimum Gasteiger partial charge on any atom is -0.326 e. The third-order valence-corrected chi connectivity index (χ3v) is 5.23. The van der Waals surface area contributed by atoms with E-state index in [-0.39, 0.29) is 10.6 Å². The predicted molar refractivity (Wildman–Crippen MR) is 84.0 cm³/mol. The van der Waals surface area contributed by atoms with Crippen LogP contribution in [0.5, 0.6) is 0 Å². The van der Waals surface area contributed by atoms with Crippen molar-refractivity contribution in [2.24, 2.45) is 5.73 Å². The van der Waals surface area contributed by atoms with Gasteiger partial charge in [0, 0.05) is 11.0 Å². The average Bonchev–Trinajstić information content (AvgIpc) is 2.42. The molecule has 0 spiro atoms. The highest BCUT2D eigenvalue weighted by Gasteiger charge is 2.19. The number of hydrogen-bond donors (Lipinski definition) is 2. The highest BCUT2D eigenvalue weighted by Crippen LogP contribution is 2.26. The Labute approximate surface area is 131 Å². The number of rotatable bonds is 4. The number of nitrogens with one attached hydrogen (secondary N) is 1. The summed E-state index contributed by atoms with van der Waals surface area (Å²) in [6, 6.07) is 8.91. The fourth-order valence-electron chi connectivity index (χ4n) is 1.81. The van der Waals surface area contributed by atoms with Gasteiger partial charge in [0.25, 0.3) is 10.0 Å². The van der Waals surface area contributed by atoms with E-state index >= 15 is 0 Å². The normalized spacial score (nSPS) is 11.4. The van der Waals surface area contributed by atoms with E-state index in [2.05, 4.69) is 20.7 Å². The molecule has 0 aromatic heterocycles. The summed E-state index contributed by atoms with van der Waals surface area (Å²) in [5, 5.41) is 0. The Morgan fingerprint density at radius 3 is 2.57 bits per heavy atom. The molecule has 0 fully saturated rings. The van der Waals surface area contributed by atoms with Gasteiger partial charge in [-0.2, -0.15) is 0 Å². The van der Waals surface area contributed by atoms with E-state index < -0.39 is 15.8 Å². The Morgan fingerprint density at radius 1 is 1.24 bits per heavy atom. The zero-order valence-corrected chi connectivity index (χ0v) is 13.6. The molecule has 0 bridgehead atoms. The van der Waals surface area contributed by atoms with Gasteiger partial charge in [0.15, 0.2) is 0 Å². The van der Waals surface area contributed by atoms with E-state index in [1.54, 1.807) is 25.1 Å². The lowest BCUT2D eigenvalue weighted by molar-refractivity contribution is 0.598. The fraction of sp³-hybridized carbons (Fsp3) is 0.143. The van der Waals surface area contributed by atoms with Crippen LogP contribution in [0, 0.1) is 12.7 Å². The van der Waals surface area contributed by atoms with Gasteiger partial charge >= 0.3 is 0 Å². The van der Waals surface area contributed by atoms with Crippen molar-refractivity contribution < 1.29 is 12.8 Å². The second-order valence-electron chi connectivity index (χ2n) is 4.56. The first-order chi connectivity index (χ1) is 9.83. The molecule has 0 saturated heterocycles. The van der Waals surface area contributed by atoms with Crippen molar-refractivity contribution in [2.75, 3.05) is 4.72 Å². The lowest BCUT2D eigenvalue weighted by atomic mass is 10.2. The molecule has 0 aliphatic carbocycles. The second-order valence-corrected chi connectivity index (χ2v) is 7.06. The maximum absolute atomic E-state index is 13.7. The molecule has 112 valence electrons. The summed E-state index contributed by atoms with van der Waals surface area (Å²) in [5.41, 5.74) is 6.97. The van der Waals surface area contributed by atoms with E-state index in [0.29, 0.717) is 11.0 Å². The second kappa shape index (κ2) is 6.13. The number of aryl methyl sites for hydroxylation is 1. The Morgan fingerprint density at radius 2 is 1.95 bits per heavy atom. The number of benzene rings is 2. The van der Waals surface area contributed by atoms with Crippen LogP contribution in [-0.4, -0.2) is 8.42 Å². The zero-order valence-electron chi connectivity index (χ0n) is 11.2. The maximum Gasteiger partial charge on any atom is 0.263 e. The molecular weight excluding hydrogens is 359 g/mol. The molecule has 3 N–H and O–H groups in total. The van der Waals surface area contributed by atoms with Gasteiger partial charge in [0.05, 0.1) is 5.69 Å². The fourth-order valence-corrected chi connectivity index (χ4v) is 3.99. The van der Waals surface area contributed by atoms with Crippen molar-refractivity contribution in [3.8, 4) is 0 Å². The molecule has 0 heterocycles. The molecular formula is C14H14BrFN2O2S. The average molecular weight is 373 g/mol. The predicted octanol–water partition coefficient (Wildman–Crippen LogP) is 3.16. The number of hydrogen-bond acceptors (Lipinski definition) is 3. The quantitative estimate of drug-likeness (QED) is 0.865. The summed E-state index contributed by atoms with van der Waals surface area (Å²) in [6.07, 6.45) is 0. The first kappa shape index (κ1) is 15.9. The Hall–Kier alpha value is -1.44. The van der Waals surface area contributed by atoms with Gasteiger partial charge in [-0.1, -0.05) is 12.1 Å². The molecule has 2 rings (SSSR count). The topological polar surface area (TPSA) is 72.2 Å². The summed E-state index contributed by atoms with van der Waals surface area (Å²) >= 11 is 3.20. The summed E-state index contributed by atoms with van der Waals surface area (Å²) in [7, 11) is -3.89. The molecule has 0 aliphatic rings. The van der Waals surface area contributed by atoms with Crippen molar-refractivity contribution in [3.63, 3.8) is 0 Å². The molecule has 0 saturated carbocycles. The zero-order chi connectivity index (χ0) is 15.6. The highest BCUT2D eigenvalue weighted by molar-refractivity contribution is 9.10. The number of anilines is 1. The minimum atomic E-state index is -3.89. The van der Waals surface area contributed by atoms with Gasteiger partial charge in [-0.25, -0.2) is 12.8 Å². The highest BCUT2D eigenvalue weighted by atomic mass is 79.9. The van der Waals surface area contributed by atoms with Crippen LogP contribution >= 0.6 is 15.9 Å². The molecule has 0 unspecified atom stereocenters. The largest absolute Gasteiger partial charge is 0.326 e. The summed E-state index contributed by atoms with van der Waals surface area (Å²) in [4.78, 5) is 0.0283. The molecule has 7 heteroatoms. The standard InChI is InChI=1S/C14H14BrFN2O2S/c1-9-2-4-12(16)13(6-9)18-21(19,20)14-5-3-10(8-17)7-11(14)15/h2-7,18H,8,17H2,1H3. The number of sulfonamides is 1. The Balaban J connectivity index is 2.41. The van der Waals surface area contributed by atoms with Crippen LogP contribution in [0.25, 0.3) is 0 Å². The van der Waals surface area contributed by atoms with Crippen LogP contribution in [0.3, 0.4) is 0 Å². The van der Waals surface area contributed by atoms with E-state index in [4.69, 9.17) is 5.73 Å². The lowest BCUT2D eigenvalue weighted by Gasteiger charge is -2.11. The van der Waals surface area contributed by atoms with Crippen molar-refractivity contribution in [3.05, 3.63) is 57.8 Å². The molecule has 0 amide bonds. The van der Waals surface area contributed by atoms with Crippen LogP contribution in [0.1, 0.15) is 11.1 Å². The molecule has 4 nitrogen and oxygen atoms in total. The first-order valence-corrected chi connectivity index (χ1v) is 8.38. The minimum absolute atomic E-state index is 0.0283. The number of halogens is 2. The van der Waals surface area contributed by atoms with Crippen molar-refractivity contribution >= 4 is 31.6 Å². The van der Waals surface area contributed by atoms with Crippen molar-refractivity contribution in [1.82, 2.24) is 0 Å². The van der Waals surface area contributed by atoms with E-state index in [9.17, 15) is 12.8 Å². The molecule has 2 aromatic rings. The van der Waals surface area contributed by atoms with Gasteiger partial charge in [0.2, 0.25) is 0 Å². The van der Waals surface area contributed by atoms with Crippen molar-refractivity contribution in [1.29, 1.82) is 0 Å². The smallest absolute Gasteiger partial charge is 0.263 e. The first-order valence-electron chi connectivity index (χ1n) is 6.11. The molecule has 0 atom stereocenters. The van der Waals surface area contributed by atoms with Crippen LogP contribution in [0.15, 0.2) is 45.8 Å². The van der Waals surface area contributed by atoms with Crippen LogP contribution in [0.4, 0.5) is 10.1 Å². The van der Waals surface area contributed by atoms with E-state index in [0.717, 1.165) is 11.1 Å². The SMILES string of the molecule is Cc1ccc(F)c(NS(=O)(=O)c2ccc(CN)cc2Br)c1.